The molecule has 35 heavy (non-hydrogen) atoms. The lowest BCUT2D eigenvalue weighted by molar-refractivity contribution is 0.0725. The van der Waals surface area contributed by atoms with E-state index < -0.39 is 0 Å². The minimum Gasteiger partial charge on any atom is -0.347 e. The second kappa shape index (κ2) is 10.0. The fraction of sp³-hybridized carbons (Fsp3) is 0.520. The molecule has 0 radical (unpaired) electrons. The van der Waals surface area contributed by atoms with Crippen LogP contribution in [-0.4, -0.2) is 63.5 Å². The number of amides is 2. The van der Waals surface area contributed by atoms with Crippen molar-refractivity contribution < 1.29 is 9.59 Å². The minimum absolute atomic E-state index is 0.0406. The third kappa shape index (κ3) is 5.22. The van der Waals surface area contributed by atoms with Crippen LogP contribution in [0, 0.1) is 11.3 Å². The molecule has 2 fully saturated rings. The first-order chi connectivity index (χ1) is 17.0. The second-order valence-corrected chi connectivity index (χ2v) is 11.0. The van der Waals surface area contributed by atoms with Crippen molar-refractivity contribution >= 4 is 23.8 Å². The van der Waals surface area contributed by atoms with E-state index in [0.29, 0.717) is 42.5 Å². The Hall–Kier alpha value is -2.87. The van der Waals surface area contributed by atoms with Gasteiger partial charge in [-0.25, -0.2) is 0 Å². The molecule has 3 N–H and O–H groups in total. The van der Waals surface area contributed by atoms with Gasteiger partial charge in [0.2, 0.25) is 0 Å². The van der Waals surface area contributed by atoms with Crippen LogP contribution in [0.2, 0.25) is 0 Å². The van der Waals surface area contributed by atoms with Crippen molar-refractivity contribution in [2.45, 2.75) is 49.4 Å². The van der Waals surface area contributed by atoms with Crippen LogP contribution in [0.15, 0.2) is 24.3 Å². The number of nitrogens with zero attached hydrogens (tertiary/aromatic N) is 4. The molecule has 3 heterocycles. The van der Waals surface area contributed by atoms with Crippen LogP contribution >= 0.6 is 11.9 Å². The topological polar surface area (TPSA) is 115 Å². The number of aromatic nitrogens is 2. The number of carbonyl (C=O) groups excluding carboxylic acids is 2. The summed E-state index contributed by atoms with van der Waals surface area (Å²) in [6, 6.07) is 9.71. The van der Waals surface area contributed by atoms with Gasteiger partial charge in [-0.1, -0.05) is 24.1 Å². The molecule has 0 atom stereocenters. The summed E-state index contributed by atoms with van der Waals surface area (Å²) >= 11 is 1.82. The Bertz CT molecular complexity index is 1140. The number of aryl methyl sites for hydroxylation is 1. The van der Waals surface area contributed by atoms with Gasteiger partial charge in [0.25, 0.3) is 11.8 Å². The van der Waals surface area contributed by atoms with Crippen LogP contribution < -0.4 is 15.4 Å². The molecule has 10 heteroatoms. The summed E-state index contributed by atoms with van der Waals surface area (Å²) in [5.74, 6) is -0.325. The van der Waals surface area contributed by atoms with Gasteiger partial charge in [-0.3, -0.25) is 19.0 Å². The molecule has 2 aromatic rings. The van der Waals surface area contributed by atoms with Crippen molar-refractivity contribution in [2.24, 2.45) is 7.05 Å². The number of rotatable bonds is 8. The predicted molar refractivity (Wildman–Crippen MR) is 134 cm³/mol. The average molecular weight is 494 g/mol. The van der Waals surface area contributed by atoms with Gasteiger partial charge in [0, 0.05) is 43.0 Å². The van der Waals surface area contributed by atoms with E-state index in [9.17, 15) is 9.59 Å². The van der Waals surface area contributed by atoms with Crippen molar-refractivity contribution in [2.75, 3.05) is 26.2 Å². The highest BCUT2D eigenvalue weighted by molar-refractivity contribution is 7.99. The van der Waals surface area contributed by atoms with Gasteiger partial charge in [0.05, 0.1) is 11.6 Å². The van der Waals surface area contributed by atoms with E-state index in [1.54, 1.807) is 23.9 Å². The predicted octanol–water partition coefficient (Wildman–Crippen LogP) is 1.74. The molecular formula is C25H31N7O2S. The number of carbonyl (C=O) groups is 2. The fourth-order valence-electron chi connectivity index (χ4n) is 4.79. The molecule has 9 nitrogen and oxygen atoms in total. The first kappa shape index (κ1) is 23.9. The maximum atomic E-state index is 13.4. The number of benzene rings is 1. The van der Waals surface area contributed by atoms with E-state index >= 15 is 0 Å². The largest absolute Gasteiger partial charge is 0.347 e. The quantitative estimate of drug-likeness (QED) is 0.480. The van der Waals surface area contributed by atoms with E-state index in [4.69, 9.17) is 5.26 Å². The highest BCUT2D eigenvalue weighted by Crippen LogP contribution is 2.48. The molecule has 2 aliphatic heterocycles. The maximum absolute atomic E-state index is 13.4. The summed E-state index contributed by atoms with van der Waals surface area (Å²) in [5.41, 5.74) is 3.06. The van der Waals surface area contributed by atoms with Crippen molar-refractivity contribution in [1.82, 2.24) is 30.0 Å². The highest BCUT2D eigenvalue weighted by atomic mass is 32.2. The van der Waals surface area contributed by atoms with Crippen molar-refractivity contribution in [3.8, 4) is 6.07 Å². The third-order valence-electron chi connectivity index (χ3n) is 7.09. The molecular weight excluding hydrogens is 462 g/mol. The maximum Gasteiger partial charge on any atom is 0.272 e. The van der Waals surface area contributed by atoms with Gasteiger partial charge in [0.1, 0.15) is 5.69 Å². The first-order valence-electron chi connectivity index (χ1n) is 12.2. The summed E-state index contributed by atoms with van der Waals surface area (Å²) in [6.07, 6.45) is 5.12. The number of piperidine rings is 1. The van der Waals surface area contributed by atoms with E-state index in [1.807, 2.05) is 29.0 Å². The SMILES string of the molecule is Cn1nc(C(=O)NCc2ccc(C#N)cc2)c2c1C(=O)N(CC1(SNC3CCNCC3)CC1)CC2. The molecule has 1 aromatic carbocycles. The van der Waals surface area contributed by atoms with Crippen LogP contribution in [0.1, 0.15) is 63.4 Å². The molecule has 1 aliphatic carbocycles. The lowest BCUT2D eigenvalue weighted by Crippen LogP contribution is -2.44. The number of hydrogen-bond donors (Lipinski definition) is 3. The third-order valence-corrected chi connectivity index (χ3v) is 8.51. The molecule has 1 aromatic heterocycles. The molecule has 0 unspecified atom stereocenters. The number of fused-ring (bicyclic) bond motifs is 1. The number of nitrogens with one attached hydrogen (secondary N) is 3. The normalized spacial score (nSPS) is 19.2. The number of nitriles is 1. The van der Waals surface area contributed by atoms with Gasteiger partial charge in [-0.05, 0) is 62.9 Å². The fourth-order valence-corrected chi connectivity index (χ4v) is 5.97. The van der Waals surface area contributed by atoms with Crippen LogP contribution in [0.4, 0.5) is 0 Å². The number of hydrogen-bond acceptors (Lipinski definition) is 7. The smallest absolute Gasteiger partial charge is 0.272 e. The molecule has 1 saturated heterocycles. The second-order valence-electron chi connectivity index (χ2n) is 9.69. The molecule has 2 amide bonds. The first-order valence-corrected chi connectivity index (χ1v) is 13.1. The minimum atomic E-state index is -0.284. The van der Waals surface area contributed by atoms with Crippen molar-refractivity contribution in [1.29, 1.82) is 5.26 Å². The van der Waals surface area contributed by atoms with E-state index in [0.717, 1.165) is 56.4 Å². The highest BCUT2D eigenvalue weighted by Gasteiger charge is 2.47. The molecule has 3 aliphatic rings. The Morgan fingerprint density at radius 3 is 2.71 bits per heavy atom. The molecule has 5 rings (SSSR count). The van der Waals surface area contributed by atoms with Crippen LogP contribution in [-0.2, 0) is 20.0 Å². The van der Waals surface area contributed by atoms with Gasteiger partial charge < -0.3 is 15.5 Å². The average Bonchev–Trinajstić information content (AvgIpc) is 3.57. The van der Waals surface area contributed by atoms with Gasteiger partial charge in [-0.15, -0.1) is 0 Å². The standard InChI is InChI=1S/C25H31N7O2S/c1-31-22-20(21(29-31)23(33)28-15-18-4-2-17(14-26)3-5-18)8-13-32(24(22)34)16-25(9-10-25)35-30-19-6-11-27-12-7-19/h2-5,19,27,30H,6-13,15-16H2,1H3,(H,28,33). The zero-order chi connectivity index (χ0) is 24.4. The zero-order valence-corrected chi connectivity index (χ0v) is 20.8. The monoisotopic (exact) mass is 493 g/mol. The van der Waals surface area contributed by atoms with Gasteiger partial charge in [-0.2, -0.15) is 10.4 Å². The van der Waals surface area contributed by atoms with Crippen LogP contribution in [0.5, 0.6) is 0 Å². The van der Waals surface area contributed by atoms with Crippen molar-refractivity contribution in [3.63, 3.8) is 0 Å². The Labute approximate surface area is 209 Å². The zero-order valence-electron chi connectivity index (χ0n) is 20.0. The molecule has 0 bridgehead atoms. The van der Waals surface area contributed by atoms with Gasteiger partial charge in [0.15, 0.2) is 5.69 Å². The van der Waals surface area contributed by atoms with Gasteiger partial charge >= 0.3 is 0 Å². The lowest BCUT2D eigenvalue weighted by Gasteiger charge is -2.32. The van der Waals surface area contributed by atoms with E-state index in [1.165, 1.54) is 0 Å². The van der Waals surface area contributed by atoms with Crippen LogP contribution in [0.3, 0.4) is 0 Å². The summed E-state index contributed by atoms with van der Waals surface area (Å²) in [6.45, 7) is 3.77. The molecule has 1 saturated carbocycles. The van der Waals surface area contributed by atoms with Crippen molar-refractivity contribution in [3.05, 3.63) is 52.3 Å². The molecule has 184 valence electrons. The Kier molecular flexibility index (Phi) is 6.82. The Balaban J connectivity index is 1.21. The summed E-state index contributed by atoms with van der Waals surface area (Å²) in [7, 11) is 1.73. The Morgan fingerprint density at radius 2 is 2.03 bits per heavy atom. The lowest BCUT2D eigenvalue weighted by atomic mass is 10.0. The summed E-state index contributed by atoms with van der Waals surface area (Å²) in [4.78, 5) is 28.2. The summed E-state index contributed by atoms with van der Waals surface area (Å²) < 4.78 is 5.32. The van der Waals surface area contributed by atoms with Crippen LogP contribution in [0.25, 0.3) is 0 Å². The summed E-state index contributed by atoms with van der Waals surface area (Å²) in [5, 5.41) is 19.6. The Morgan fingerprint density at radius 1 is 1.29 bits per heavy atom. The van der Waals surface area contributed by atoms with E-state index in [-0.39, 0.29) is 16.6 Å². The molecule has 0 spiro atoms. The van der Waals surface area contributed by atoms with E-state index in [2.05, 4.69) is 26.5 Å².